The molecule has 0 amide bonds. The van der Waals surface area contributed by atoms with Crippen molar-refractivity contribution in [3.8, 4) is 0 Å². The average Bonchev–Trinajstić information content (AvgIpc) is 2.49. The molecule has 0 fully saturated rings. The van der Waals surface area contributed by atoms with Gasteiger partial charge in [0.1, 0.15) is 0 Å². The summed E-state index contributed by atoms with van der Waals surface area (Å²) < 4.78 is 0. The van der Waals surface area contributed by atoms with Crippen molar-refractivity contribution in [2.45, 2.75) is 31.2 Å². The number of aliphatic hydroxyl groups is 1. The number of benzene rings is 1. The summed E-state index contributed by atoms with van der Waals surface area (Å²) in [6, 6.07) is 8.48. The van der Waals surface area contributed by atoms with Gasteiger partial charge in [-0.05, 0) is 37.4 Å². The van der Waals surface area contributed by atoms with E-state index >= 15 is 0 Å². The quantitative estimate of drug-likeness (QED) is 0.722. The Morgan fingerprint density at radius 2 is 2.13 bits per heavy atom. The molecule has 1 aromatic rings. The maximum Gasteiger partial charge on any atom is 0.0669 e. The van der Waals surface area contributed by atoms with Crippen LogP contribution < -0.4 is 5.32 Å². The molecule has 2 rings (SSSR count). The van der Waals surface area contributed by atoms with Gasteiger partial charge in [-0.25, -0.2) is 0 Å². The predicted octanol–water partition coefficient (Wildman–Crippen LogP) is 1.82. The number of aryl methyl sites for hydroxylation is 1. The summed E-state index contributed by atoms with van der Waals surface area (Å²) in [6.45, 7) is 0.181. The van der Waals surface area contributed by atoms with Crippen molar-refractivity contribution < 1.29 is 5.11 Å². The molecule has 0 heterocycles. The third kappa shape index (κ3) is 1.80. The van der Waals surface area contributed by atoms with Gasteiger partial charge in [-0.2, -0.15) is 0 Å². The van der Waals surface area contributed by atoms with E-state index in [0.29, 0.717) is 0 Å². The Balaban J connectivity index is 2.49. The minimum atomic E-state index is -0.215. The number of aliphatic hydroxyl groups excluding tert-OH is 1. The molecular formula is C13H19NO. The molecule has 0 saturated carbocycles. The van der Waals surface area contributed by atoms with E-state index in [4.69, 9.17) is 0 Å². The van der Waals surface area contributed by atoms with E-state index in [0.717, 1.165) is 12.8 Å². The van der Waals surface area contributed by atoms with E-state index in [1.165, 1.54) is 24.0 Å². The molecule has 0 aliphatic heterocycles. The molecule has 1 aromatic carbocycles. The minimum absolute atomic E-state index is 0.181. The van der Waals surface area contributed by atoms with E-state index in [-0.39, 0.29) is 12.1 Å². The number of hydrogen-bond donors (Lipinski definition) is 2. The summed E-state index contributed by atoms with van der Waals surface area (Å²) in [7, 11) is 1.94. The molecular weight excluding hydrogens is 186 g/mol. The van der Waals surface area contributed by atoms with Crippen molar-refractivity contribution in [3.63, 3.8) is 0 Å². The van der Waals surface area contributed by atoms with Crippen molar-refractivity contribution >= 4 is 0 Å². The topological polar surface area (TPSA) is 32.3 Å². The molecule has 0 aromatic heterocycles. The summed E-state index contributed by atoms with van der Waals surface area (Å²) >= 11 is 0. The van der Waals surface area contributed by atoms with Crippen molar-refractivity contribution in [3.05, 3.63) is 35.4 Å². The van der Waals surface area contributed by atoms with E-state index in [1.54, 1.807) is 0 Å². The van der Waals surface area contributed by atoms with Gasteiger partial charge in [0, 0.05) is 0 Å². The summed E-state index contributed by atoms with van der Waals surface area (Å²) in [5, 5.41) is 13.0. The van der Waals surface area contributed by atoms with Gasteiger partial charge in [-0.1, -0.05) is 30.7 Å². The van der Waals surface area contributed by atoms with Gasteiger partial charge < -0.3 is 10.4 Å². The lowest BCUT2D eigenvalue weighted by Gasteiger charge is -2.32. The Kier molecular flexibility index (Phi) is 3.08. The van der Waals surface area contributed by atoms with Gasteiger partial charge in [0.15, 0.2) is 0 Å². The highest BCUT2D eigenvalue weighted by Crippen LogP contribution is 2.33. The second-order valence-corrected chi connectivity index (χ2v) is 4.35. The van der Waals surface area contributed by atoms with E-state index in [9.17, 15) is 5.11 Å². The predicted molar refractivity (Wildman–Crippen MR) is 61.8 cm³/mol. The fraction of sp³-hybridized carbons (Fsp3) is 0.538. The Hall–Kier alpha value is -0.860. The molecule has 2 nitrogen and oxygen atoms in total. The third-order valence-electron chi connectivity index (χ3n) is 3.58. The van der Waals surface area contributed by atoms with E-state index in [1.807, 2.05) is 7.05 Å². The average molecular weight is 205 g/mol. The molecule has 0 radical (unpaired) electrons. The number of hydrogen-bond acceptors (Lipinski definition) is 2. The van der Waals surface area contributed by atoms with Crippen LogP contribution in [0.15, 0.2) is 24.3 Å². The van der Waals surface area contributed by atoms with Crippen LogP contribution in [0.2, 0.25) is 0 Å². The van der Waals surface area contributed by atoms with Gasteiger partial charge in [-0.15, -0.1) is 0 Å². The molecule has 0 bridgehead atoms. The fourth-order valence-electron chi connectivity index (χ4n) is 2.59. The first-order chi connectivity index (χ1) is 7.32. The number of likely N-dealkylation sites (N-methyl/N-ethyl adjacent to an activating group) is 1. The third-order valence-corrected chi connectivity index (χ3v) is 3.58. The maximum atomic E-state index is 9.65. The van der Waals surface area contributed by atoms with Crippen LogP contribution in [0.1, 0.15) is 30.4 Å². The number of fused-ring (bicyclic) bond motifs is 1. The van der Waals surface area contributed by atoms with Crippen molar-refractivity contribution in [2.24, 2.45) is 0 Å². The minimum Gasteiger partial charge on any atom is -0.394 e. The molecule has 1 atom stereocenters. The van der Waals surface area contributed by atoms with Gasteiger partial charge in [-0.3, -0.25) is 0 Å². The molecule has 2 N–H and O–H groups in total. The van der Waals surface area contributed by atoms with Gasteiger partial charge in [0.25, 0.3) is 0 Å². The molecule has 1 unspecified atom stereocenters. The Morgan fingerprint density at radius 1 is 1.33 bits per heavy atom. The number of nitrogens with one attached hydrogen (secondary N) is 1. The van der Waals surface area contributed by atoms with E-state index < -0.39 is 0 Å². The van der Waals surface area contributed by atoms with Crippen LogP contribution in [0.5, 0.6) is 0 Å². The van der Waals surface area contributed by atoms with Crippen molar-refractivity contribution in [2.75, 3.05) is 13.7 Å². The lowest BCUT2D eigenvalue weighted by Crippen LogP contribution is -2.43. The SMILES string of the molecule is CNC1(CO)CCCCc2ccccc21. The van der Waals surface area contributed by atoms with Crippen LogP contribution in [0.25, 0.3) is 0 Å². The maximum absolute atomic E-state index is 9.65. The standard InChI is InChI=1S/C13H19NO/c1-14-13(10-15)9-5-4-7-11-6-2-3-8-12(11)13/h2-3,6,8,14-15H,4-5,7,9-10H2,1H3. The van der Waals surface area contributed by atoms with Gasteiger partial charge >= 0.3 is 0 Å². The first-order valence-electron chi connectivity index (χ1n) is 5.70. The molecule has 15 heavy (non-hydrogen) atoms. The van der Waals surface area contributed by atoms with Crippen LogP contribution in [0.3, 0.4) is 0 Å². The van der Waals surface area contributed by atoms with E-state index in [2.05, 4.69) is 29.6 Å². The van der Waals surface area contributed by atoms with Gasteiger partial charge in [0.2, 0.25) is 0 Å². The zero-order valence-electron chi connectivity index (χ0n) is 9.29. The first kappa shape index (κ1) is 10.7. The van der Waals surface area contributed by atoms with Crippen LogP contribution in [-0.2, 0) is 12.0 Å². The highest BCUT2D eigenvalue weighted by atomic mass is 16.3. The number of rotatable bonds is 2. The summed E-state index contributed by atoms with van der Waals surface area (Å²) in [5.74, 6) is 0. The van der Waals surface area contributed by atoms with Crippen molar-refractivity contribution in [1.29, 1.82) is 0 Å². The molecule has 0 saturated heterocycles. The van der Waals surface area contributed by atoms with Crippen molar-refractivity contribution in [1.82, 2.24) is 5.32 Å². The largest absolute Gasteiger partial charge is 0.394 e. The fourth-order valence-corrected chi connectivity index (χ4v) is 2.59. The monoisotopic (exact) mass is 205 g/mol. The van der Waals surface area contributed by atoms with Crippen LogP contribution in [-0.4, -0.2) is 18.8 Å². The normalized spacial score (nSPS) is 25.7. The first-order valence-corrected chi connectivity index (χ1v) is 5.70. The molecule has 2 heteroatoms. The highest BCUT2D eigenvalue weighted by molar-refractivity contribution is 5.35. The summed E-state index contributed by atoms with van der Waals surface area (Å²) in [4.78, 5) is 0. The highest BCUT2D eigenvalue weighted by Gasteiger charge is 2.32. The molecule has 1 aliphatic rings. The Morgan fingerprint density at radius 3 is 2.87 bits per heavy atom. The zero-order chi connectivity index (χ0) is 10.7. The lowest BCUT2D eigenvalue weighted by atomic mass is 9.85. The summed E-state index contributed by atoms with van der Waals surface area (Å²) in [5.41, 5.74) is 2.46. The Labute approximate surface area is 91.3 Å². The molecule has 82 valence electrons. The van der Waals surface area contributed by atoms with Crippen LogP contribution in [0.4, 0.5) is 0 Å². The second kappa shape index (κ2) is 4.33. The van der Waals surface area contributed by atoms with Crippen LogP contribution in [0, 0.1) is 0 Å². The smallest absolute Gasteiger partial charge is 0.0669 e. The lowest BCUT2D eigenvalue weighted by molar-refractivity contribution is 0.158. The second-order valence-electron chi connectivity index (χ2n) is 4.35. The molecule has 1 aliphatic carbocycles. The van der Waals surface area contributed by atoms with Gasteiger partial charge in [0.05, 0.1) is 12.1 Å². The Bertz CT molecular complexity index is 331. The zero-order valence-corrected chi connectivity index (χ0v) is 9.29. The summed E-state index contributed by atoms with van der Waals surface area (Å²) in [6.07, 6.45) is 4.56. The van der Waals surface area contributed by atoms with Crippen LogP contribution >= 0.6 is 0 Å². The molecule has 0 spiro atoms.